The molecule has 64 valence electrons. The maximum Gasteiger partial charge on any atom is 0.0440 e. The van der Waals surface area contributed by atoms with E-state index in [-0.39, 0.29) is 0 Å². The molecule has 2 N–H and O–H groups in total. The fourth-order valence-corrected chi connectivity index (χ4v) is 2.80. The van der Waals surface area contributed by atoms with Crippen molar-refractivity contribution in [2.75, 3.05) is 31.1 Å². The van der Waals surface area contributed by atoms with Crippen LogP contribution in [0.3, 0.4) is 0 Å². The second-order valence-corrected chi connectivity index (χ2v) is 4.75. The highest BCUT2D eigenvalue weighted by atomic mass is 32.2. The Morgan fingerprint density at radius 2 is 2.09 bits per heavy atom. The molecule has 0 bridgehead atoms. The van der Waals surface area contributed by atoms with Gasteiger partial charge in [-0.2, -0.15) is 11.8 Å². The molecule has 2 rings (SSSR count). The molecule has 2 aliphatic rings. The van der Waals surface area contributed by atoms with E-state index in [1.165, 1.54) is 44.0 Å². The van der Waals surface area contributed by atoms with Crippen molar-refractivity contribution in [3.8, 4) is 0 Å². The van der Waals surface area contributed by atoms with Crippen LogP contribution in [0.4, 0.5) is 0 Å². The van der Waals surface area contributed by atoms with Gasteiger partial charge in [0.05, 0.1) is 0 Å². The SMILES string of the molecule is C1CNC2(CCSC1)CNC2. The average Bonchev–Trinajstić information content (AvgIpc) is 1.82. The van der Waals surface area contributed by atoms with Crippen molar-refractivity contribution in [2.45, 2.75) is 18.4 Å². The standard InChI is InChI=1S/C8H16N2S/c1-3-10-8(6-9-7-8)2-5-11-4-1/h9-10H,1-7H2. The molecule has 1 spiro atoms. The zero-order chi connectivity index (χ0) is 7.57. The molecule has 2 heterocycles. The van der Waals surface area contributed by atoms with E-state index in [0.29, 0.717) is 5.54 Å². The Bertz CT molecular complexity index is 124. The molecule has 0 radical (unpaired) electrons. The lowest BCUT2D eigenvalue weighted by Crippen LogP contribution is -2.68. The van der Waals surface area contributed by atoms with E-state index in [4.69, 9.17) is 0 Å². The van der Waals surface area contributed by atoms with E-state index >= 15 is 0 Å². The van der Waals surface area contributed by atoms with Crippen molar-refractivity contribution in [1.82, 2.24) is 10.6 Å². The van der Waals surface area contributed by atoms with E-state index in [0.717, 1.165) is 0 Å². The Kier molecular flexibility index (Phi) is 2.39. The van der Waals surface area contributed by atoms with Gasteiger partial charge < -0.3 is 10.6 Å². The lowest BCUT2D eigenvalue weighted by atomic mass is 9.89. The molecule has 0 aliphatic carbocycles. The molecule has 0 amide bonds. The molecule has 11 heavy (non-hydrogen) atoms. The summed E-state index contributed by atoms with van der Waals surface area (Å²) in [5.74, 6) is 2.69. The van der Waals surface area contributed by atoms with Gasteiger partial charge >= 0.3 is 0 Å². The van der Waals surface area contributed by atoms with Crippen LogP contribution in [-0.4, -0.2) is 36.7 Å². The largest absolute Gasteiger partial charge is 0.313 e. The van der Waals surface area contributed by atoms with Crippen LogP contribution < -0.4 is 10.6 Å². The summed E-state index contributed by atoms with van der Waals surface area (Å²) in [6.07, 6.45) is 2.69. The van der Waals surface area contributed by atoms with Gasteiger partial charge in [-0.3, -0.25) is 0 Å². The quantitative estimate of drug-likeness (QED) is 0.554. The highest BCUT2D eigenvalue weighted by Gasteiger charge is 2.35. The van der Waals surface area contributed by atoms with E-state index in [1.807, 2.05) is 0 Å². The summed E-state index contributed by atoms with van der Waals surface area (Å²) < 4.78 is 0. The molecule has 2 aliphatic heterocycles. The van der Waals surface area contributed by atoms with Gasteiger partial charge in [-0.25, -0.2) is 0 Å². The van der Waals surface area contributed by atoms with Crippen molar-refractivity contribution < 1.29 is 0 Å². The van der Waals surface area contributed by atoms with Gasteiger partial charge in [0.1, 0.15) is 0 Å². The van der Waals surface area contributed by atoms with Gasteiger partial charge in [-0.15, -0.1) is 0 Å². The third-order valence-electron chi connectivity index (χ3n) is 2.62. The molecule has 0 aromatic rings. The highest BCUT2D eigenvalue weighted by Crippen LogP contribution is 2.21. The van der Waals surface area contributed by atoms with Crippen molar-refractivity contribution in [1.29, 1.82) is 0 Å². The first kappa shape index (κ1) is 7.90. The minimum atomic E-state index is 0.493. The smallest absolute Gasteiger partial charge is 0.0440 e. The molecular formula is C8H16N2S. The summed E-state index contributed by atoms with van der Waals surface area (Å²) in [6, 6.07) is 0. The molecule has 0 unspecified atom stereocenters. The van der Waals surface area contributed by atoms with Gasteiger partial charge in [0.2, 0.25) is 0 Å². The second-order valence-electron chi connectivity index (χ2n) is 3.53. The molecule has 3 heteroatoms. The number of nitrogens with one attached hydrogen (secondary N) is 2. The Hall–Kier alpha value is 0.270. The predicted octanol–water partition coefficient (Wildman–Crippen LogP) is 0.445. The highest BCUT2D eigenvalue weighted by molar-refractivity contribution is 7.99. The Morgan fingerprint density at radius 3 is 2.82 bits per heavy atom. The van der Waals surface area contributed by atoms with Crippen LogP contribution in [0.25, 0.3) is 0 Å². The lowest BCUT2D eigenvalue weighted by molar-refractivity contribution is 0.208. The zero-order valence-corrected chi connectivity index (χ0v) is 7.67. The molecule has 2 fully saturated rings. The van der Waals surface area contributed by atoms with E-state index < -0.39 is 0 Å². The van der Waals surface area contributed by atoms with Crippen molar-refractivity contribution in [2.24, 2.45) is 0 Å². The summed E-state index contributed by atoms with van der Waals surface area (Å²) in [6.45, 7) is 3.59. The van der Waals surface area contributed by atoms with Crippen LogP contribution >= 0.6 is 11.8 Å². The van der Waals surface area contributed by atoms with E-state index in [1.54, 1.807) is 0 Å². The molecule has 2 nitrogen and oxygen atoms in total. The second kappa shape index (κ2) is 3.33. The van der Waals surface area contributed by atoms with Crippen molar-refractivity contribution in [3.63, 3.8) is 0 Å². The summed E-state index contributed by atoms with van der Waals surface area (Å²) >= 11 is 2.11. The number of rotatable bonds is 0. The van der Waals surface area contributed by atoms with Crippen LogP contribution in [0.1, 0.15) is 12.8 Å². The average molecular weight is 172 g/mol. The van der Waals surface area contributed by atoms with E-state index in [9.17, 15) is 0 Å². The zero-order valence-electron chi connectivity index (χ0n) is 6.86. The molecule has 2 saturated heterocycles. The van der Waals surface area contributed by atoms with Gasteiger partial charge in [0.15, 0.2) is 0 Å². The van der Waals surface area contributed by atoms with Gasteiger partial charge in [0.25, 0.3) is 0 Å². The van der Waals surface area contributed by atoms with E-state index in [2.05, 4.69) is 22.4 Å². The summed E-state index contributed by atoms with van der Waals surface area (Å²) in [5, 5.41) is 7.01. The monoisotopic (exact) mass is 172 g/mol. The maximum absolute atomic E-state index is 3.66. The van der Waals surface area contributed by atoms with Crippen LogP contribution in [0.2, 0.25) is 0 Å². The maximum atomic E-state index is 3.66. The van der Waals surface area contributed by atoms with Gasteiger partial charge in [-0.1, -0.05) is 0 Å². The molecular weight excluding hydrogens is 156 g/mol. The number of hydrogen-bond donors (Lipinski definition) is 2. The number of hydrogen-bond acceptors (Lipinski definition) is 3. The van der Waals surface area contributed by atoms with Crippen LogP contribution in [0, 0.1) is 0 Å². The van der Waals surface area contributed by atoms with Crippen LogP contribution in [-0.2, 0) is 0 Å². The fraction of sp³-hybridized carbons (Fsp3) is 1.00. The number of thioether (sulfide) groups is 1. The minimum absolute atomic E-state index is 0.493. The van der Waals surface area contributed by atoms with Crippen LogP contribution in [0.15, 0.2) is 0 Å². The summed E-state index contributed by atoms with van der Waals surface area (Å²) in [4.78, 5) is 0. The minimum Gasteiger partial charge on any atom is -0.313 e. The first-order valence-corrected chi connectivity index (χ1v) is 5.60. The summed E-state index contributed by atoms with van der Waals surface area (Å²) in [5.41, 5.74) is 0.493. The normalized spacial score (nSPS) is 30.5. The Balaban J connectivity index is 1.86. The predicted molar refractivity (Wildman–Crippen MR) is 50.2 cm³/mol. The fourth-order valence-electron chi connectivity index (χ4n) is 1.71. The molecule has 0 saturated carbocycles. The van der Waals surface area contributed by atoms with Crippen molar-refractivity contribution in [3.05, 3.63) is 0 Å². The molecule has 0 atom stereocenters. The third-order valence-corrected chi connectivity index (χ3v) is 3.69. The topological polar surface area (TPSA) is 24.1 Å². The summed E-state index contributed by atoms with van der Waals surface area (Å²) in [7, 11) is 0. The molecule has 0 aromatic heterocycles. The Morgan fingerprint density at radius 1 is 1.18 bits per heavy atom. The Labute approximate surface area is 72.5 Å². The van der Waals surface area contributed by atoms with Gasteiger partial charge in [-0.05, 0) is 30.9 Å². The van der Waals surface area contributed by atoms with Gasteiger partial charge in [0, 0.05) is 18.6 Å². The first-order chi connectivity index (χ1) is 5.41. The van der Waals surface area contributed by atoms with Crippen molar-refractivity contribution >= 4 is 11.8 Å². The lowest BCUT2D eigenvalue weighted by Gasteiger charge is -2.44. The third kappa shape index (κ3) is 1.71. The first-order valence-electron chi connectivity index (χ1n) is 4.45. The molecule has 0 aromatic carbocycles. The van der Waals surface area contributed by atoms with Crippen LogP contribution in [0.5, 0.6) is 0 Å².